The molecule has 2 aliphatic heterocycles. The Morgan fingerprint density at radius 2 is 2.13 bits per heavy atom. The van der Waals surface area contributed by atoms with Gasteiger partial charge in [0.05, 0.1) is 23.1 Å². The molecule has 154 valence electrons. The second kappa shape index (κ2) is 7.73. The Labute approximate surface area is 176 Å². The topological polar surface area (TPSA) is 82.5 Å². The van der Waals surface area contributed by atoms with Crippen LogP contribution in [0.25, 0.3) is 10.6 Å². The lowest BCUT2D eigenvalue weighted by atomic mass is 10.1. The van der Waals surface area contributed by atoms with Crippen LogP contribution in [-0.4, -0.2) is 52.2 Å². The molecule has 0 unspecified atom stereocenters. The highest BCUT2D eigenvalue weighted by molar-refractivity contribution is 7.17. The van der Waals surface area contributed by atoms with E-state index < -0.39 is 5.95 Å². The van der Waals surface area contributed by atoms with Crippen molar-refractivity contribution in [1.82, 2.24) is 15.0 Å². The number of pyridine rings is 2. The van der Waals surface area contributed by atoms with Crippen molar-refractivity contribution < 1.29 is 14.3 Å². The van der Waals surface area contributed by atoms with E-state index in [9.17, 15) is 14.3 Å². The second-order valence-corrected chi connectivity index (χ2v) is 8.50. The Hall–Kier alpha value is -2.91. The molecule has 0 aliphatic carbocycles. The molecule has 1 saturated heterocycles. The largest absolute Gasteiger partial charge is 0.396 e. The Kier molecular flexibility index (Phi) is 4.92. The molecule has 7 nitrogen and oxygen atoms in total. The normalized spacial score (nSPS) is 18.7. The number of halogens is 1. The molecule has 3 aromatic heterocycles. The number of hydrogen-bond donors (Lipinski definition) is 1. The van der Waals surface area contributed by atoms with Gasteiger partial charge >= 0.3 is 0 Å². The number of nitrogens with zero attached hydrogens (tertiary/aromatic N) is 5. The third-order valence-corrected chi connectivity index (χ3v) is 6.72. The minimum absolute atomic E-state index is 0.131. The van der Waals surface area contributed by atoms with Gasteiger partial charge in [0.1, 0.15) is 15.7 Å². The summed E-state index contributed by atoms with van der Waals surface area (Å²) in [5.74, 6) is 0.0362. The van der Waals surface area contributed by atoms with Crippen molar-refractivity contribution in [3.8, 4) is 10.6 Å². The number of fused-ring (bicyclic) bond motifs is 1. The van der Waals surface area contributed by atoms with Crippen molar-refractivity contribution in [3.05, 3.63) is 53.2 Å². The van der Waals surface area contributed by atoms with Crippen LogP contribution in [0.2, 0.25) is 0 Å². The zero-order valence-corrected chi connectivity index (χ0v) is 17.0. The number of amides is 1. The van der Waals surface area contributed by atoms with Crippen molar-refractivity contribution in [1.29, 1.82) is 0 Å². The SMILES string of the molecule is O=C1c2sc(-c3ccc(N4CC[C@H](CO)C4)nc3F)nc2CCN1c1cccnc1. The first-order chi connectivity index (χ1) is 14.6. The van der Waals surface area contributed by atoms with Crippen LogP contribution in [0.15, 0.2) is 36.7 Å². The minimum Gasteiger partial charge on any atom is -0.396 e. The van der Waals surface area contributed by atoms with Crippen molar-refractivity contribution in [2.24, 2.45) is 5.92 Å². The van der Waals surface area contributed by atoms with Gasteiger partial charge < -0.3 is 14.9 Å². The lowest BCUT2D eigenvalue weighted by molar-refractivity contribution is 0.0984. The van der Waals surface area contributed by atoms with E-state index in [1.807, 2.05) is 11.0 Å². The van der Waals surface area contributed by atoms with Gasteiger partial charge in [-0.15, -0.1) is 11.3 Å². The molecule has 0 spiro atoms. The van der Waals surface area contributed by atoms with Gasteiger partial charge in [-0.25, -0.2) is 9.97 Å². The van der Waals surface area contributed by atoms with Crippen LogP contribution in [0.4, 0.5) is 15.9 Å². The first-order valence-corrected chi connectivity index (χ1v) is 10.7. The first kappa shape index (κ1) is 19.1. The molecule has 3 aromatic rings. The minimum atomic E-state index is -0.595. The van der Waals surface area contributed by atoms with E-state index in [1.54, 1.807) is 35.5 Å². The Balaban J connectivity index is 1.41. The van der Waals surface area contributed by atoms with E-state index in [1.165, 1.54) is 11.3 Å². The predicted molar refractivity (Wildman–Crippen MR) is 112 cm³/mol. The van der Waals surface area contributed by atoms with Crippen LogP contribution >= 0.6 is 11.3 Å². The van der Waals surface area contributed by atoms with Crippen molar-refractivity contribution in [2.45, 2.75) is 12.8 Å². The molecule has 0 radical (unpaired) electrons. The maximum absolute atomic E-state index is 14.8. The number of anilines is 2. The van der Waals surface area contributed by atoms with Gasteiger partial charge in [0.25, 0.3) is 5.91 Å². The van der Waals surface area contributed by atoms with Crippen molar-refractivity contribution in [2.75, 3.05) is 36.0 Å². The van der Waals surface area contributed by atoms with Gasteiger partial charge in [-0.2, -0.15) is 4.39 Å². The van der Waals surface area contributed by atoms with Crippen LogP contribution in [0.5, 0.6) is 0 Å². The van der Waals surface area contributed by atoms with Crippen LogP contribution < -0.4 is 9.80 Å². The first-order valence-electron chi connectivity index (χ1n) is 9.88. The highest BCUT2D eigenvalue weighted by atomic mass is 32.1. The third kappa shape index (κ3) is 3.33. The molecule has 2 aliphatic rings. The summed E-state index contributed by atoms with van der Waals surface area (Å²) in [6, 6.07) is 7.10. The van der Waals surface area contributed by atoms with Crippen LogP contribution in [0.3, 0.4) is 0 Å². The summed E-state index contributed by atoms with van der Waals surface area (Å²) in [7, 11) is 0. The molecule has 0 aromatic carbocycles. The number of aliphatic hydroxyl groups excluding tert-OH is 1. The molecule has 5 rings (SSSR count). The van der Waals surface area contributed by atoms with E-state index in [0.717, 1.165) is 18.7 Å². The van der Waals surface area contributed by atoms with E-state index in [4.69, 9.17) is 0 Å². The second-order valence-electron chi connectivity index (χ2n) is 7.50. The molecular weight excluding hydrogens is 405 g/mol. The summed E-state index contributed by atoms with van der Waals surface area (Å²) in [5.41, 5.74) is 1.75. The Morgan fingerprint density at radius 1 is 1.23 bits per heavy atom. The maximum Gasteiger partial charge on any atom is 0.270 e. The lowest BCUT2D eigenvalue weighted by Crippen LogP contribution is -2.36. The maximum atomic E-state index is 14.8. The Morgan fingerprint density at radius 3 is 2.87 bits per heavy atom. The monoisotopic (exact) mass is 425 g/mol. The molecule has 1 N–H and O–H groups in total. The lowest BCUT2D eigenvalue weighted by Gasteiger charge is -2.25. The van der Waals surface area contributed by atoms with E-state index in [0.29, 0.717) is 46.5 Å². The van der Waals surface area contributed by atoms with Crippen LogP contribution in [-0.2, 0) is 6.42 Å². The average Bonchev–Trinajstić information content (AvgIpc) is 3.42. The fourth-order valence-corrected chi connectivity index (χ4v) is 5.03. The van der Waals surface area contributed by atoms with Crippen LogP contribution in [0.1, 0.15) is 21.8 Å². The summed E-state index contributed by atoms with van der Waals surface area (Å²) in [6.07, 6.45) is 4.80. The predicted octanol–water partition coefficient (Wildman–Crippen LogP) is 2.76. The highest BCUT2D eigenvalue weighted by Crippen LogP contribution is 2.35. The van der Waals surface area contributed by atoms with E-state index >= 15 is 0 Å². The number of thiazole rings is 1. The zero-order valence-electron chi connectivity index (χ0n) is 16.2. The average molecular weight is 425 g/mol. The Bertz CT molecular complexity index is 1090. The number of aliphatic hydroxyl groups is 1. The summed E-state index contributed by atoms with van der Waals surface area (Å²) in [5, 5.41) is 9.77. The number of rotatable bonds is 4. The number of carbonyl (C=O) groups is 1. The van der Waals surface area contributed by atoms with Gasteiger partial charge in [0.2, 0.25) is 5.95 Å². The highest BCUT2D eigenvalue weighted by Gasteiger charge is 2.30. The fourth-order valence-electron chi connectivity index (χ4n) is 3.96. The summed E-state index contributed by atoms with van der Waals surface area (Å²) in [4.78, 5) is 29.9. The molecular formula is C21H20FN5O2S. The van der Waals surface area contributed by atoms with Crippen molar-refractivity contribution in [3.63, 3.8) is 0 Å². The number of hydrogen-bond acceptors (Lipinski definition) is 7. The summed E-state index contributed by atoms with van der Waals surface area (Å²) < 4.78 is 14.8. The number of carbonyl (C=O) groups excluding carboxylic acids is 1. The van der Waals surface area contributed by atoms with Gasteiger partial charge in [-0.1, -0.05) is 0 Å². The molecule has 0 saturated carbocycles. The number of aromatic nitrogens is 3. The molecule has 1 fully saturated rings. The third-order valence-electron chi connectivity index (χ3n) is 5.60. The van der Waals surface area contributed by atoms with E-state index in [2.05, 4.69) is 15.0 Å². The zero-order chi connectivity index (χ0) is 20.7. The van der Waals surface area contributed by atoms with Gasteiger partial charge in [0, 0.05) is 44.8 Å². The van der Waals surface area contributed by atoms with Gasteiger partial charge in [0.15, 0.2) is 0 Å². The summed E-state index contributed by atoms with van der Waals surface area (Å²) >= 11 is 1.20. The molecule has 9 heteroatoms. The molecule has 1 amide bonds. The molecule has 30 heavy (non-hydrogen) atoms. The van der Waals surface area contributed by atoms with E-state index in [-0.39, 0.29) is 18.4 Å². The van der Waals surface area contributed by atoms with Gasteiger partial charge in [-0.05, 0) is 30.7 Å². The summed E-state index contributed by atoms with van der Waals surface area (Å²) in [6.45, 7) is 2.07. The molecule has 0 bridgehead atoms. The van der Waals surface area contributed by atoms with Crippen LogP contribution in [0, 0.1) is 11.9 Å². The smallest absolute Gasteiger partial charge is 0.270 e. The molecule has 5 heterocycles. The standard InChI is InChI=1S/C21H20FN5O2S/c22-19-15(3-4-17(25-19)26-8-5-13(11-26)12-28)20-24-16-6-9-27(21(29)18(16)30-20)14-2-1-7-23-10-14/h1-4,7,10,13,28H,5-6,8-9,11-12H2/t13-/m0/s1. The fraction of sp³-hybridized carbons (Fsp3) is 0.333. The van der Waals surface area contributed by atoms with Crippen molar-refractivity contribution >= 4 is 28.7 Å². The van der Waals surface area contributed by atoms with Gasteiger partial charge in [-0.3, -0.25) is 9.78 Å². The molecule has 1 atom stereocenters. The quantitative estimate of drug-likeness (QED) is 0.648.